The Bertz CT molecular complexity index is 603. The first-order valence-corrected chi connectivity index (χ1v) is 7.20. The van der Waals surface area contributed by atoms with Crippen LogP contribution in [0.25, 0.3) is 11.3 Å². The van der Waals surface area contributed by atoms with E-state index in [1.54, 1.807) is 6.92 Å². The number of hydrogen-bond acceptors (Lipinski definition) is 3. The van der Waals surface area contributed by atoms with Crippen LogP contribution in [0.4, 0.5) is 0 Å². The summed E-state index contributed by atoms with van der Waals surface area (Å²) in [7, 11) is 0. The van der Waals surface area contributed by atoms with E-state index in [9.17, 15) is 4.79 Å². The summed E-state index contributed by atoms with van der Waals surface area (Å²) in [4.78, 5) is 16.9. The zero-order valence-corrected chi connectivity index (χ0v) is 12.9. The molecule has 0 aliphatic heterocycles. The fourth-order valence-electron chi connectivity index (χ4n) is 1.99. The van der Waals surface area contributed by atoms with Gasteiger partial charge in [0.05, 0.1) is 15.6 Å². The third kappa shape index (κ3) is 2.92. The van der Waals surface area contributed by atoms with E-state index in [0.29, 0.717) is 0 Å². The maximum absolute atomic E-state index is 11.6. The third-order valence-electron chi connectivity index (χ3n) is 3.08. The number of benzene rings is 1. The molecule has 2 nitrogen and oxygen atoms in total. The van der Waals surface area contributed by atoms with Gasteiger partial charge in [0.1, 0.15) is 0 Å². The molecule has 0 bridgehead atoms. The molecule has 0 unspecified atom stereocenters. The van der Waals surface area contributed by atoms with Crippen molar-refractivity contribution in [2.24, 2.45) is 0 Å². The van der Waals surface area contributed by atoms with E-state index in [4.69, 9.17) is 0 Å². The Morgan fingerprint density at radius 2 is 1.74 bits per heavy atom. The van der Waals surface area contributed by atoms with Crippen LogP contribution in [-0.4, -0.2) is 10.8 Å². The highest BCUT2D eigenvalue weighted by molar-refractivity contribution is 7.14. The Morgan fingerprint density at radius 3 is 2.21 bits per heavy atom. The molecule has 2 rings (SSSR count). The second-order valence-electron chi connectivity index (χ2n) is 5.79. The molecule has 0 aliphatic rings. The second kappa shape index (κ2) is 4.89. The summed E-state index contributed by atoms with van der Waals surface area (Å²) >= 11 is 1.47. The Kier molecular flexibility index (Phi) is 3.59. The number of aromatic nitrogens is 1. The van der Waals surface area contributed by atoms with Crippen LogP contribution in [0.1, 0.15) is 47.9 Å². The van der Waals surface area contributed by atoms with E-state index >= 15 is 0 Å². The van der Waals surface area contributed by atoms with Crippen molar-refractivity contribution in [1.29, 1.82) is 0 Å². The molecule has 19 heavy (non-hydrogen) atoms. The molecular formula is C16H19NOS. The number of Topliss-reactive ketones (excluding diaryl/α,β-unsaturated/α-hetero) is 1. The minimum absolute atomic E-state index is 0.0838. The molecule has 0 amide bonds. The van der Waals surface area contributed by atoms with E-state index in [2.05, 4.69) is 50.0 Å². The summed E-state index contributed by atoms with van der Waals surface area (Å²) in [5, 5.41) is 0.931. The molecule has 0 atom stereocenters. The number of hydrogen-bond donors (Lipinski definition) is 0. The molecule has 0 N–H and O–H groups in total. The van der Waals surface area contributed by atoms with Gasteiger partial charge in [-0.15, -0.1) is 11.3 Å². The summed E-state index contributed by atoms with van der Waals surface area (Å²) in [5.41, 5.74) is 3.26. The van der Waals surface area contributed by atoms with E-state index in [0.717, 1.165) is 21.1 Å². The van der Waals surface area contributed by atoms with E-state index < -0.39 is 0 Å². The van der Waals surface area contributed by atoms with Crippen LogP contribution in [0.15, 0.2) is 24.3 Å². The molecule has 1 aromatic heterocycles. The smallest absolute Gasteiger partial charge is 0.172 e. The zero-order chi connectivity index (χ0) is 14.2. The number of carbonyl (C=O) groups excluding carboxylic acids is 1. The molecular weight excluding hydrogens is 254 g/mol. The Balaban J connectivity index is 2.46. The van der Waals surface area contributed by atoms with Crippen molar-refractivity contribution < 1.29 is 4.79 Å². The average molecular weight is 273 g/mol. The van der Waals surface area contributed by atoms with Crippen LogP contribution >= 0.6 is 11.3 Å². The lowest BCUT2D eigenvalue weighted by molar-refractivity contribution is 0.102. The van der Waals surface area contributed by atoms with Crippen molar-refractivity contribution in [2.45, 2.75) is 40.0 Å². The quantitative estimate of drug-likeness (QED) is 0.747. The predicted molar refractivity (Wildman–Crippen MR) is 81.0 cm³/mol. The van der Waals surface area contributed by atoms with Gasteiger partial charge in [-0.2, -0.15) is 0 Å². The summed E-state index contributed by atoms with van der Waals surface area (Å²) in [5.74, 6) is 0.0838. The zero-order valence-electron chi connectivity index (χ0n) is 12.1. The van der Waals surface area contributed by atoms with Crippen LogP contribution in [0.2, 0.25) is 0 Å². The van der Waals surface area contributed by atoms with Gasteiger partial charge in [0.2, 0.25) is 0 Å². The lowest BCUT2D eigenvalue weighted by atomic mass is 9.86. The first-order valence-electron chi connectivity index (χ1n) is 6.38. The lowest BCUT2D eigenvalue weighted by Crippen LogP contribution is -2.10. The van der Waals surface area contributed by atoms with E-state index in [1.807, 2.05) is 6.92 Å². The van der Waals surface area contributed by atoms with Crippen LogP contribution in [0.5, 0.6) is 0 Å². The van der Waals surface area contributed by atoms with Gasteiger partial charge in [0, 0.05) is 12.5 Å². The molecule has 2 aromatic rings. The molecule has 0 saturated carbocycles. The number of rotatable bonds is 2. The summed E-state index contributed by atoms with van der Waals surface area (Å²) in [6, 6.07) is 8.35. The Hall–Kier alpha value is -1.48. The van der Waals surface area contributed by atoms with Gasteiger partial charge in [-0.05, 0) is 17.9 Å². The van der Waals surface area contributed by atoms with Gasteiger partial charge in [-0.25, -0.2) is 4.98 Å². The van der Waals surface area contributed by atoms with E-state index in [-0.39, 0.29) is 11.2 Å². The summed E-state index contributed by atoms with van der Waals surface area (Å²) in [6.07, 6.45) is 0. The maximum atomic E-state index is 11.6. The van der Waals surface area contributed by atoms with E-state index in [1.165, 1.54) is 16.9 Å². The first-order chi connectivity index (χ1) is 8.79. The van der Waals surface area contributed by atoms with Gasteiger partial charge in [0.15, 0.2) is 5.78 Å². The molecule has 1 aromatic carbocycles. The van der Waals surface area contributed by atoms with Gasteiger partial charge in [0.25, 0.3) is 0 Å². The fraction of sp³-hybridized carbons (Fsp3) is 0.375. The standard InChI is InChI=1S/C16H19NOS/c1-10(18)15-14(17-11(2)19-15)12-6-8-13(9-7-12)16(3,4)5/h6-9H,1-5H3. The number of nitrogens with zero attached hydrogens (tertiary/aromatic N) is 1. The van der Waals surface area contributed by atoms with Crippen LogP contribution in [0, 0.1) is 6.92 Å². The lowest BCUT2D eigenvalue weighted by Gasteiger charge is -2.19. The largest absolute Gasteiger partial charge is 0.294 e. The Labute approximate surface area is 118 Å². The molecule has 0 fully saturated rings. The van der Waals surface area contributed by atoms with Gasteiger partial charge < -0.3 is 0 Å². The summed E-state index contributed by atoms with van der Waals surface area (Å²) in [6.45, 7) is 10.1. The van der Waals surface area contributed by atoms with Crippen molar-refractivity contribution in [3.05, 3.63) is 39.7 Å². The van der Waals surface area contributed by atoms with Gasteiger partial charge >= 0.3 is 0 Å². The number of aryl methyl sites for hydroxylation is 1. The SMILES string of the molecule is CC(=O)c1sc(C)nc1-c1ccc(C(C)(C)C)cc1. The summed E-state index contributed by atoms with van der Waals surface area (Å²) < 4.78 is 0. The molecule has 100 valence electrons. The third-order valence-corrected chi connectivity index (χ3v) is 4.15. The van der Waals surface area contributed by atoms with Gasteiger partial charge in [-0.1, -0.05) is 45.0 Å². The van der Waals surface area contributed by atoms with Gasteiger partial charge in [-0.3, -0.25) is 4.79 Å². The molecule has 0 aliphatic carbocycles. The van der Waals surface area contributed by atoms with Crippen LogP contribution in [0.3, 0.4) is 0 Å². The minimum Gasteiger partial charge on any atom is -0.294 e. The Morgan fingerprint density at radius 1 is 1.16 bits per heavy atom. The maximum Gasteiger partial charge on any atom is 0.172 e. The monoisotopic (exact) mass is 273 g/mol. The topological polar surface area (TPSA) is 30.0 Å². The number of carbonyl (C=O) groups is 1. The molecule has 1 heterocycles. The van der Waals surface area contributed by atoms with Crippen molar-refractivity contribution in [2.75, 3.05) is 0 Å². The number of ketones is 1. The van der Waals surface area contributed by atoms with Crippen LogP contribution < -0.4 is 0 Å². The van der Waals surface area contributed by atoms with Crippen molar-refractivity contribution >= 4 is 17.1 Å². The highest BCUT2D eigenvalue weighted by atomic mass is 32.1. The number of thiazole rings is 1. The van der Waals surface area contributed by atoms with Crippen molar-refractivity contribution in [3.8, 4) is 11.3 Å². The highest BCUT2D eigenvalue weighted by Gasteiger charge is 2.17. The second-order valence-corrected chi connectivity index (χ2v) is 7.00. The highest BCUT2D eigenvalue weighted by Crippen LogP contribution is 2.30. The van der Waals surface area contributed by atoms with Crippen LogP contribution in [-0.2, 0) is 5.41 Å². The minimum atomic E-state index is 0.0838. The molecule has 0 radical (unpaired) electrons. The molecule has 3 heteroatoms. The molecule has 0 saturated heterocycles. The normalized spacial score (nSPS) is 11.6. The fourth-order valence-corrected chi connectivity index (χ4v) is 2.83. The first kappa shape index (κ1) is 13.9. The molecule has 0 spiro atoms. The predicted octanol–water partition coefficient (Wildman–Crippen LogP) is 4.62. The average Bonchev–Trinajstić information content (AvgIpc) is 2.70. The van der Waals surface area contributed by atoms with Crippen molar-refractivity contribution in [1.82, 2.24) is 4.98 Å². The van der Waals surface area contributed by atoms with Crippen molar-refractivity contribution in [3.63, 3.8) is 0 Å².